The lowest BCUT2D eigenvalue weighted by molar-refractivity contribution is 0.130. The summed E-state index contributed by atoms with van der Waals surface area (Å²) in [5.74, 6) is 0. The van der Waals surface area contributed by atoms with Gasteiger partial charge >= 0.3 is 0 Å². The van der Waals surface area contributed by atoms with Crippen LogP contribution in [-0.4, -0.2) is 12.3 Å². The van der Waals surface area contributed by atoms with E-state index in [4.69, 9.17) is 4.84 Å². The van der Waals surface area contributed by atoms with Gasteiger partial charge < -0.3 is 10.2 Å². The fourth-order valence-corrected chi connectivity index (χ4v) is 4.31. The van der Waals surface area contributed by atoms with Gasteiger partial charge in [0, 0.05) is 12.2 Å². The quantitative estimate of drug-likeness (QED) is 0.196. The van der Waals surface area contributed by atoms with Crippen molar-refractivity contribution in [2.24, 2.45) is 5.16 Å². The maximum absolute atomic E-state index is 5.40. The van der Waals surface area contributed by atoms with Crippen molar-refractivity contribution in [3.8, 4) is 22.3 Å². The van der Waals surface area contributed by atoms with Gasteiger partial charge in [-0.2, -0.15) is 0 Å². The topological polar surface area (TPSA) is 33.6 Å². The van der Waals surface area contributed by atoms with Crippen LogP contribution in [0.3, 0.4) is 0 Å². The van der Waals surface area contributed by atoms with Crippen molar-refractivity contribution in [3.05, 3.63) is 88.0 Å². The molecule has 0 radical (unpaired) electrons. The van der Waals surface area contributed by atoms with E-state index in [1.807, 2.05) is 27.7 Å². The SMILES string of the molecule is CC.CC(C)=CCNc1ccc(-c2c(C)c(C)c(-c3ccc(CON=C(C)C)cc3)c(C)c2C)cc1. The third-order valence-electron chi connectivity index (χ3n) is 6.34. The van der Waals surface area contributed by atoms with Crippen LogP contribution < -0.4 is 5.32 Å². The Balaban J connectivity index is 0.00000222. The monoisotopic (exact) mass is 484 g/mol. The number of benzene rings is 3. The summed E-state index contributed by atoms with van der Waals surface area (Å²) < 4.78 is 0. The number of hydrogen-bond acceptors (Lipinski definition) is 3. The van der Waals surface area contributed by atoms with Crippen molar-refractivity contribution < 1.29 is 4.84 Å². The predicted molar refractivity (Wildman–Crippen MR) is 159 cm³/mol. The Morgan fingerprint density at radius 3 is 1.58 bits per heavy atom. The molecule has 0 spiro atoms. The zero-order valence-electron chi connectivity index (χ0n) is 24.0. The summed E-state index contributed by atoms with van der Waals surface area (Å²) in [5.41, 5.74) is 15.0. The van der Waals surface area contributed by atoms with E-state index in [-0.39, 0.29) is 0 Å². The van der Waals surface area contributed by atoms with Gasteiger partial charge in [-0.15, -0.1) is 0 Å². The number of oxime groups is 1. The van der Waals surface area contributed by atoms with Gasteiger partial charge in [-0.05, 0) is 118 Å². The Kier molecular flexibility index (Phi) is 11.0. The Labute approximate surface area is 219 Å². The van der Waals surface area contributed by atoms with E-state index in [9.17, 15) is 0 Å². The van der Waals surface area contributed by atoms with E-state index in [1.165, 1.54) is 50.1 Å². The van der Waals surface area contributed by atoms with Gasteiger partial charge in [0.1, 0.15) is 6.61 Å². The molecule has 192 valence electrons. The molecular formula is C33H44N2O. The number of nitrogens with zero attached hydrogens (tertiary/aromatic N) is 1. The highest BCUT2D eigenvalue weighted by atomic mass is 16.6. The average Bonchev–Trinajstić information content (AvgIpc) is 2.86. The summed E-state index contributed by atoms with van der Waals surface area (Å²) in [6.07, 6.45) is 2.20. The van der Waals surface area contributed by atoms with E-state index in [0.717, 1.165) is 23.5 Å². The fourth-order valence-electron chi connectivity index (χ4n) is 4.31. The van der Waals surface area contributed by atoms with Gasteiger partial charge in [0.25, 0.3) is 0 Å². The fraction of sp³-hybridized carbons (Fsp3) is 0.364. The molecule has 0 heterocycles. The smallest absolute Gasteiger partial charge is 0.142 e. The first-order chi connectivity index (χ1) is 17.2. The van der Waals surface area contributed by atoms with E-state index < -0.39 is 0 Å². The lowest BCUT2D eigenvalue weighted by Gasteiger charge is -2.21. The molecule has 0 fully saturated rings. The van der Waals surface area contributed by atoms with Crippen LogP contribution >= 0.6 is 0 Å². The van der Waals surface area contributed by atoms with Gasteiger partial charge in [0.15, 0.2) is 0 Å². The normalized spacial score (nSPS) is 10.2. The Morgan fingerprint density at radius 1 is 0.722 bits per heavy atom. The molecule has 3 aromatic rings. The predicted octanol–water partition coefficient (Wildman–Crippen LogP) is 9.57. The second kappa shape index (κ2) is 13.7. The van der Waals surface area contributed by atoms with Gasteiger partial charge in [-0.1, -0.05) is 67.1 Å². The Morgan fingerprint density at radius 2 is 1.17 bits per heavy atom. The molecule has 3 rings (SSSR count). The largest absolute Gasteiger partial charge is 0.391 e. The Bertz CT molecular complexity index is 1070. The van der Waals surface area contributed by atoms with Gasteiger partial charge in [-0.3, -0.25) is 0 Å². The van der Waals surface area contributed by atoms with E-state index in [2.05, 4.69) is 107 Å². The van der Waals surface area contributed by atoms with Crippen molar-refractivity contribution in [2.45, 2.75) is 75.8 Å². The van der Waals surface area contributed by atoms with Crippen molar-refractivity contribution >= 4 is 11.4 Å². The number of nitrogens with one attached hydrogen (secondary N) is 1. The van der Waals surface area contributed by atoms with E-state index in [0.29, 0.717) is 6.61 Å². The number of anilines is 1. The number of hydrogen-bond donors (Lipinski definition) is 1. The van der Waals surface area contributed by atoms with Crippen molar-refractivity contribution in [3.63, 3.8) is 0 Å². The molecule has 0 bridgehead atoms. The lowest BCUT2D eigenvalue weighted by Crippen LogP contribution is -2.01. The molecule has 3 aromatic carbocycles. The molecule has 3 heteroatoms. The first kappa shape index (κ1) is 28.9. The van der Waals surface area contributed by atoms with Crippen molar-refractivity contribution in [1.82, 2.24) is 0 Å². The van der Waals surface area contributed by atoms with Crippen LogP contribution in [0.2, 0.25) is 0 Å². The molecule has 0 aliphatic carbocycles. The zero-order chi connectivity index (χ0) is 26.8. The molecule has 1 N–H and O–H groups in total. The summed E-state index contributed by atoms with van der Waals surface area (Å²) in [4.78, 5) is 5.40. The third-order valence-corrected chi connectivity index (χ3v) is 6.34. The summed E-state index contributed by atoms with van der Waals surface area (Å²) >= 11 is 0. The summed E-state index contributed by atoms with van der Waals surface area (Å²) in [6.45, 7) is 22.4. The minimum absolute atomic E-state index is 0.486. The molecular weight excluding hydrogens is 440 g/mol. The highest BCUT2D eigenvalue weighted by Crippen LogP contribution is 2.39. The van der Waals surface area contributed by atoms with Gasteiger partial charge in [-0.25, -0.2) is 0 Å². The summed E-state index contributed by atoms with van der Waals surface area (Å²) in [6, 6.07) is 17.5. The molecule has 3 nitrogen and oxygen atoms in total. The molecule has 0 atom stereocenters. The molecule has 0 saturated carbocycles. The second-order valence-electron chi connectivity index (χ2n) is 9.50. The standard InChI is InChI=1S/C31H38N2O.C2H6/c1-20(2)17-18-32-29-15-13-28(14-16-29)31-24(7)22(5)30(23(6)25(31)8)27-11-9-26(10-12-27)19-34-33-21(3)4;1-2/h9-17,32H,18-19H2,1-8H3;1-2H3. The van der Waals surface area contributed by atoms with E-state index >= 15 is 0 Å². The molecule has 0 aliphatic heterocycles. The Hall–Kier alpha value is -3.33. The van der Waals surface area contributed by atoms with Gasteiger partial charge in [0.05, 0.1) is 5.71 Å². The lowest BCUT2D eigenvalue weighted by atomic mass is 9.83. The van der Waals surface area contributed by atoms with Crippen LogP contribution in [0.4, 0.5) is 5.69 Å². The first-order valence-electron chi connectivity index (χ1n) is 13.0. The van der Waals surface area contributed by atoms with Crippen LogP contribution in [0.15, 0.2) is 65.3 Å². The third kappa shape index (κ3) is 7.34. The summed E-state index contributed by atoms with van der Waals surface area (Å²) in [7, 11) is 0. The van der Waals surface area contributed by atoms with Crippen molar-refractivity contribution in [2.75, 3.05) is 11.9 Å². The highest BCUT2D eigenvalue weighted by molar-refractivity contribution is 5.83. The maximum Gasteiger partial charge on any atom is 0.142 e. The van der Waals surface area contributed by atoms with Crippen LogP contribution in [0.5, 0.6) is 0 Å². The molecule has 0 saturated heterocycles. The number of rotatable bonds is 8. The molecule has 0 unspecified atom stereocenters. The molecule has 0 amide bonds. The highest BCUT2D eigenvalue weighted by Gasteiger charge is 2.17. The molecule has 0 aromatic heterocycles. The van der Waals surface area contributed by atoms with Crippen molar-refractivity contribution in [1.29, 1.82) is 0 Å². The second-order valence-corrected chi connectivity index (χ2v) is 9.50. The zero-order valence-corrected chi connectivity index (χ0v) is 24.0. The minimum atomic E-state index is 0.486. The van der Waals surface area contributed by atoms with Crippen LogP contribution in [0.25, 0.3) is 22.3 Å². The van der Waals surface area contributed by atoms with Crippen LogP contribution in [-0.2, 0) is 11.4 Å². The minimum Gasteiger partial charge on any atom is -0.391 e. The van der Waals surface area contributed by atoms with Gasteiger partial charge in [0.2, 0.25) is 0 Å². The van der Waals surface area contributed by atoms with Crippen LogP contribution in [0, 0.1) is 27.7 Å². The number of allylic oxidation sites excluding steroid dienone is 1. The van der Waals surface area contributed by atoms with Crippen LogP contribution in [0.1, 0.15) is 69.4 Å². The average molecular weight is 485 g/mol. The van der Waals surface area contributed by atoms with E-state index in [1.54, 1.807) is 0 Å². The molecule has 0 aliphatic rings. The maximum atomic E-state index is 5.40. The molecule has 36 heavy (non-hydrogen) atoms. The first-order valence-corrected chi connectivity index (χ1v) is 13.0. The summed E-state index contributed by atoms with van der Waals surface area (Å²) in [5, 5.41) is 7.49.